The van der Waals surface area contributed by atoms with E-state index in [1.807, 2.05) is 0 Å². The summed E-state index contributed by atoms with van der Waals surface area (Å²) >= 11 is 0. The number of nitrogens with zero attached hydrogens (tertiary/aromatic N) is 6. The van der Waals surface area contributed by atoms with Crippen LogP contribution in [0.2, 0.25) is 0 Å². The van der Waals surface area contributed by atoms with E-state index in [4.69, 9.17) is 9.97 Å². The monoisotopic (exact) mass is 394 g/mol. The van der Waals surface area contributed by atoms with Crippen LogP contribution in [0.3, 0.4) is 0 Å². The van der Waals surface area contributed by atoms with Crippen LogP contribution in [-0.2, 0) is 6.42 Å². The molecule has 1 aromatic carbocycles. The highest BCUT2D eigenvalue weighted by Crippen LogP contribution is 2.31. The average molecular weight is 395 g/mol. The fraction of sp³-hybridized carbons (Fsp3) is 0.565. The van der Waals surface area contributed by atoms with Gasteiger partial charge in [-0.3, -0.25) is 0 Å². The molecule has 0 bridgehead atoms. The Kier molecular flexibility index (Phi) is 6.01. The average Bonchev–Trinajstić information content (AvgIpc) is 3.12. The Bertz CT molecular complexity index is 824. The number of benzene rings is 1. The van der Waals surface area contributed by atoms with Crippen molar-refractivity contribution in [3.8, 4) is 11.4 Å². The molecular formula is C23H34N6. The highest BCUT2D eigenvalue weighted by molar-refractivity contribution is 5.65. The van der Waals surface area contributed by atoms with E-state index >= 15 is 0 Å². The first-order valence-corrected chi connectivity index (χ1v) is 10.8. The second-order valence-electron chi connectivity index (χ2n) is 8.67. The van der Waals surface area contributed by atoms with Crippen LogP contribution in [0, 0.1) is 6.92 Å². The number of hydrogen-bond acceptors (Lipinski definition) is 6. The molecule has 0 saturated carbocycles. The van der Waals surface area contributed by atoms with Crippen molar-refractivity contribution in [1.82, 2.24) is 19.8 Å². The summed E-state index contributed by atoms with van der Waals surface area (Å²) in [4.78, 5) is 19.4. The maximum Gasteiger partial charge on any atom is 0.161 e. The predicted octanol–water partition coefficient (Wildman–Crippen LogP) is 2.52. The van der Waals surface area contributed by atoms with Crippen molar-refractivity contribution in [2.75, 3.05) is 76.8 Å². The largest absolute Gasteiger partial charge is 0.369 e. The fourth-order valence-electron chi connectivity index (χ4n) is 4.30. The molecular weight excluding hydrogens is 360 g/mol. The lowest BCUT2D eigenvalue weighted by Gasteiger charge is -2.34. The van der Waals surface area contributed by atoms with Crippen molar-refractivity contribution in [3.63, 3.8) is 0 Å². The number of rotatable bonds is 6. The van der Waals surface area contributed by atoms with Crippen LogP contribution in [-0.4, -0.2) is 86.7 Å². The summed E-state index contributed by atoms with van der Waals surface area (Å²) in [6.45, 7) is 9.78. The van der Waals surface area contributed by atoms with Gasteiger partial charge in [-0.2, -0.15) is 0 Å². The topological polar surface area (TPSA) is 38.7 Å². The number of anilines is 2. The summed E-state index contributed by atoms with van der Waals surface area (Å²) < 4.78 is 0. The zero-order valence-corrected chi connectivity index (χ0v) is 18.4. The van der Waals surface area contributed by atoms with E-state index in [9.17, 15) is 0 Å². The Labute approximate surface area is 175 Å². The molecule has 1 saturated heterocycles. The third kappa shape index (κ3) is 4.54. The Morgan fingerprint density at radius 1 is 0.966 bits per heavy atom. The molecule has 156 valence electrons. The van der Waals surface area contributed by atoms with Crippen LogP contribution in [0.1, 0.15) is 17.7 Å². The highest BCUT2D eigenvalue weighted by atomic mass is 15.2. The number of aryl methyl sites for hydroxylation is 1. The summed E-state index contributed by atoms with van der Waals surface area (Å²) in [6, 6.07) is 8.81. The van der Waals surface area contributed by atoms with E-state index in [2.05, 4.69) is 71.9 Å². The quantitative estimate of drug-likeness (QED) is 0.750. The van der Waals surface area contributed by atoms with Crippen LogP contribution in [0.4, 0.5) is 11.5 Å². The van der Waals surface area contributed by atoms with Crippen LogP contribution in [0.5, 0.6) is 0 Å². The van der Waals surface area contributed by atoms with Crippen LogP contribution >= 0.6 is 0 Å². The second kappa shape index (κ2) is 8.67. The smallest absolute Gasteiger partial charge is 0.161 e. The summed E-state index contributed by atoms with van der Waals surface area (Å²) in [5.41, 5.74) is 4.86. The van der Waals surface area contributed by atoms with Gasteiger partial charge >= 0.3 is 0 Å². The Morgan fingerprint density at radius 2 is 1.69 bits per heavy atom. The van der Waals surface area contributed by atoms with Crippen LogP contribution in [0.15, 0.2) is 24.3 Å². The third-order valence-electron chi connectivity index (χ3n) is 6.15. The molecule has 1 aromatic heterocycles. The SMILES string of the molecule is Cc1nc(-c2ccc(N3CCN(C)CC3)cc2)nc2c1CCN2CCCN(C)C. The molecule has 0 spiro atoms. The molecule has 0 radical (unpaired) electrons. The van der Waals surface area contributed by atoms with Gasteiger partial charge in [-0.1, -0.05) is 0 Å². The zero-order chi connectivity index (χ0) is 20.4. The van der Waals surface area contributed by atoms with Gasteiger partial charge in [0.2, 0.25) is 0 Å². The molecule has 4 rings (SSSR count). The molecule has 0 N–H and O–H groups in total. The molecule has 0 aliphatic carbocycles. The number of hydrogen-bond donors (Lipinski definition) is 0. The zero-order valence-electron chi connectivity index (χ0n) is 18.4. The molecule has 6 heteroatoms. The molecule has 1 fully saturated rings. The molecule has 2 aromatic rings. The summed E-state index contributed by atoms with van der Waals surface area (Å²) in [5, 5.41) is 0. The molecule has 2 aliphatic heterocycles. The molecule has 3 heterocycles. The minimum atomic E-state index is 0.852. The summed E-state index contributed by atoms with van der Waals surface area (Å²) in [5.74, 6) is 2.00. The minimum Gasteiger partial charge on any atom is -0.369 e. The lowest BCUT2D eigenvalue weighted by Crippen LogP contribution is -2.44. The third-order valence-corrected chi connectivity index (χ3v) is 6.15. The molecule has 2 aliphatic rings. The van der Waals surface area contributed by atoms with Gasteiger partial charge in [0.1, 0.15) is 5.82 Å². The maximum atomic E-state index is 5.00. The van der Waals surface area contributed by atoms with E-state index < -0.39 is 0 Å². The Hall–Kier alpha value is -2.18. The van der Waals surface area contributed by atoms with E-state index in [0.29, 0.717) is 0 Å². The van der Waals surface area contributed by atoms with Gasteiger partial charge in [0.25, 0.3) is 0 Å². The van der Waals surface area contributed by atoms with E-state index in [0.717, 1.165) is 81.6 Å². The van der Waals surface area contributed by atoms with Crippen molar-refractivity contribution in [1.29, 1.82) is 0 Å². The first kappa shape index (κ1) is 20.1. The number of likely N-dealkylation sites (N-methyl/N-ethyl adjacent to an activating group) is 1. The normalized spacial score (nSPS) is 17.3. The van der Waals surface area contributed by atoms with Crippen LogP contribution < -0.4 is 9.80 Å². The van der Waals surface area contributed by atoms with Crippen molar-refractivity contribution in [2.24, 2.45) is 0 Å². The van der Waals surface area contributed by atoms with Crippen LogP contribution in [0.25, 0.3) is 11.4 Å². The van der Waals surface area contributed by atoms with Gasteiger partial charge in [-0.15, -0.1) is 0 Å². The molecule has 6 nitrogen and oxygen atoms in total. The van der Waals surface area contributed by atoms with Gasteiger partial charge in [0.15, 0.2) is 5.82 Å². The summed E-state index contributed by atoms with van der Waals surface area (Å²) in [7, 11) is 6.46. The number of aromatic nitrogens is 2. The lowest BCUT2D eigenvalue weighted by atomic mass is 10.1. The summed E-state index contributed by atoms with van der Waals surface area (Å²) in [6.07, 6.45) is 2.22. The second-order valence-corrected chi connectivity index (χ2v) is 8.67. The molecule has 0 amide bonds. The molecule has 0 atom stereocenters. The Morgan fingerprint density at radius 3 is 2.38 bits per heavy atom. The van der Waals surface area contributed by atoms with E-state index in [1.54, 1.807) is 0 Å². The van der Waals surface area contributed by atoms with Crippen molar-refractivity contribution < 1.29 is 0 Å². The molecule has 29 heavy (non-hydrogen) atoms. The Balaban J connectivity index is 1.51. The lowest BCUT2D eigenvalue weighted by molar-refractivity contribution is 0.313. The van der Waals surface area contributed by atoms with E-state index in [1.165, 1.54) is 11.3 Å². The van der Waals surface area contributed by atoms with Gasteiger partial charge in [0, 0.05) is 61.8 Å². The number of piperazine rings is 1. The van der Waals surface area contributed by atoms with E-state index in [-0.39, 0.29) is 0 Å². The first-order chi connectivity index (χ1) is 14.0. The first-order valence-electron chi connectivity index (χ1n) is 10.8. The van der Waals surface area contributed by atoms with Gasteiger partial charge in [-0.25, -0.2) is 9.97 Å². The maximum absolute atomic E-state index is 5.00. The fourth-order valence-corrected chi connectivity index (χ4v) is 4.30. The van der Waals surface area contributed by atoms with Crippen molar-refractivity contribution >= 4 is 11.5 Å². The number of fused-ring (bicyclic) bond motifs is 1. The standard InChI is InChI=1S/C23H34N6/c1-18-21-10-13-29(12-5-11-26(2)3)23(21)25-22(24-18)19-6-8-20(9-7-19)28-16-14-27(4)15-17-28/h6-9H,5,10-17H2,1-4H3. The van der Waals surface area contributed by atoms with Crippen molar-refractivity contribution in [3.05, 3.63) is 35.5 Å². The van der Waals surface area contributed by atoms with Crippen molar-refractivity contribution in [2.45, 2.75) is 19.8 Å². The van der Waals surface area contributed by atoms with Gasteiger partial charge < -0.3 is 19.6 Å². The molecule has 0 unspecified atom stereocenters. The predicted molar refractivity (Wildman–Crippen MR) is 121 cm³/mol. The highest BCUT2D eigenvalue weighted by Gasteiger charge is 2.24. The minimum absolute atomic E-state index is 0.852. The van der Waals surface area contributed by atoms with Gasteiger partial charge in [0.05, 0.1) is 0 Å². The van der Waals surface area contributed by atoms with Gasteiger partial charge in [-0.05, 0) is 71.7 Å².